The molecule has 116 valence electrons. The van der Waals surface area contributed by atoms with E-state index in [9.17, 15) is 9.59 Å². The number of carbonyl (C=O) groups excluding carboxylic acids is 2. The molecule has 1 rings (SSSR count). The Balaban J connectivity index is 3.04. The Morgan fingerprint density at radius 1 is 0.762 bits per heavy atom. The Morgan fingerprint density at radius 2 is 1.14 bits per heavy atom. The number of hydrogen-bond donors (Lipinski definition) is 0. The van der Waals surface area contributed by atoms with E-state index in [1.54, 1.807) is 24.3 Å². The lowest BCUT2D eigenvalue weighted by molar-refractivity contribution is 0.0799. The minimum Gasteiger partial charge on any atom is -0.294 e. The molecule has 0 aliphatic carbocycles. The summed E-state index contributed by atoms with van der Waals surface area (Å²) >= 11 is 0. The maximum absolute atomic E-state index is 12.6. The molecule has 0 aliphatic heterocycles. The molecule has 0 amide bonds. The zero-order valence-corrected chi connectivity index (χ0v) is 14.2. The van der Waals surface area contributed by atoms with Crippen molar-refractivity contribution in [1.82, 2.24) is 0 Å². The molecule has 0 radical (unpaired) electrons. The first-order valence-electron chi connectivity index (χ1n) is 7.91. The highest BCUT2D eigenvalue weighted by Crippen LogP contribution is 2.31. The van der Waals surface area contributed by atoms with Crippen molar-refractivity contribution >= 4 is 11.6 Å². The zero-order chi connectivity index (χ0) is 16.3. The average Bonchev–Trinajstić information content (AvgIpc) is 2.52. The topological polar surface area (TPSA) is 34.1 Å². The largest absolute Gasteiger partial charge is 0.294 e. The van der Waals surface area contributed by atoms with Crippen molar-refractivity contribution in [2.45, 2.75) is 60.8 Å². The molecule has 0 aliphatic rings. The van der Waals surface area contributed by atoms with Crippen molar-refractivity contribution < 1.29 is 9.59 Å². The third-order valence-electron chi connectivity index (χ3n) is 5.02. The summed E-state index contributed by atoms with van der Waals surface area (Å²) in [6.45, 7) is 12.0. The lowest BCUT2D eigenvalue weighted by atomic mass is 9.77. The molecule has 0 atom stereocenters. The third-order valence-corrected chi connectivity index (χ3v) is 5.02. The standard InChI is InChI=1S/C19H28O2/c1-7-18(4,5)16(20)14-10-12-15(13-11-14)17(21)19(6,8-2)9-3/h10-13H,7-9H2,1-6H3. The number of benzene rings is 1. The SMILES string of the molecule is CCC(C)(C)C(=O)c1ccc(C(=O)C(C)(CC)CC)cc1. The highest BCUT2D eigenvalue weighted by atomic mass is 16.1. The number of carbonyl (C=O) groups is 2. The van der Waals surface area contributed by atoms with Crippen LogP contribution in [0.1, 0.15) is 81.5 Å². The summed E-state index contributed by atoms with van der Waals surface area (Å²) in [5.74, 6) is 0.305. The van der Waals surface area contributed by atoms with Crippen LogP contribution in [0.25, 0.3) is 0 Å². The monoisotopic (exact) mass is 288 g/mol. The van der Waals surface area contributed by atoms with E-state index in [4.69, 9.17) is 0 Å². The van der Waals surface area contributed by atoms with Gasteiger partial charge in [-0.15, -0.1) is 0 Å². The minimum absolute atomic E-state index is 0.137. The summed E-state index contributed by atoms with van der Waals surface area (Å²) in [6, 6.07) is 7.17. The van der Waals surface area contributed by atoms with Gasteiger partial charge in [0.15, 0.2) is 11.6 Å². The minimum atomic E-state index is -0.354. The van der Waals surface area contributed by atoms with E-state index in [1.165, 1.54) is 0 Å². The quantitative estimate of drug-likeness (QED) is 0.637. The van der Waals surface area contributed by atoms with E-state index < -0.39 is 0 Å². The van der Waals surface area contributed by atoms with Crippen LogP contribution >= 0.6 is 0 Å². The van der Waals surface area contributed by atoms with Gasteiger partial charge in [-0.25, -0.2) is 0 Å². The van der Waals surface area contributed by atoms with Gasteiger partial charge >= 0.3 is 0 Å². The maximum atomic E-state index is 12.6. The highest BCUT2D eigenvalue weighted by Gasteiger charge is 2.31. The van der Waals surface area contributed by atoms with Crippen molar-refractivity contribution in [2.24, 2.45) is 10.8 Å². The van der Waals surface area contributed by atoms with Crippen LogP contribution in [0.4, 0.5) is 0 Å². The summed E-state index contributed by atoms with van der Waals surface area (Å²) in [5, 5.41) is 0. The van der Waals surface area contributed by atoms with E-state index in [0.717, 1.165) is 19.3 Å². The Morgan fingerprint density at radius 3 is 1.48 bits per heavy atom. The second-order valence-corrected chi connectivity index (χ2v) is 6.74. The van der Waals surface area contributed by atoms with E-state index >= 15 is 0 Å². The molecule has 2 nitrogen and oxygen atoms in total. The summed E-state index contributed by atoms with van der Waals surface area (Å²) in [4.78, 5) is 25.0. The predicted octanol–water partition coefficient (Wildman–Crippen LogP) is 5.31. The van der Waals surface area contributed by atoms with Crippen LogP contribution in [0.2, 0.25) is 0 Å². The molecule has 0 heterocycles. The first-order chi connectivity index (χ1) is 9.71. The Bertz CT molecular complexity index is 505. The molecule has 0 saturated heterocycles. The van der Waals surface area contributed by atoms with Gasteiger partial charge in [-0.1, -0.05) is 65.8 Å². The Hall–Kier alpha value is -1.44. The van der Waals surface area contributed by atoms with Crippen LogP contribution in [-0.4, -0.2) is 11.6 Å². The van der Waals surface area contributed by atoms with Crippen molar-refractivity contribution in [2.75, 3.05) is 0 Å². The van der Waals surface area contributed by atoms with Crippen LogP contribution in [0, 0.1) is 10.8 Å². The second-order valence-electron chi connectivity index (χ2n) is 6.74. The lowest BCUT2D eigenvalue weighted by Gasteiger charge is -2.25. The molecule has 0 fully saturated rings. The van der Waals surface area contributed by atoms with Crippen molar-refractivity contribution in [1.29, 1.82) is 0 Å². The van der Waals surface area contributed by atoms with Crippen molar-refractivity contribution in [3.05, 3.63) is 35.4 Å². The van der Waals surface area contributed by atoms with Gasteiger partial charge in [0, 0.05) is 22.0 Å². The van der Waals surface area contributed by atoms with Crippen LogP contribution in [0.5, 0.6) is 0 Å². The van der Waals surface area contributed by atoms with E-state index in [1.807, 2.05) is 41.5 Å². The van der Waals surface area contributed by atoms with E-state index in [-0.39, 0.29) is 22.4 Å². The molecule has 0 N–H and O–H groups in total. The summed E-state index contributed by atoms with van der Waals surface area (Å²) in [6.07, 6.45) is 2.45. The normalized spacial score (nSPS) is 12.3. The molecule has 0 unspecified atom stereocenters. The van der Waals surface area contributed by atoms with Gasteiger partial charge in [0.05, 0.1) is 0 Å². The fourth-order valence-electron chi connectivity index (χ4n) is 2.24. The van der Waals surface area contributed by atoms with Gasteiger partial charge < -0.3 is 0 Å². The van der Waals surface area contributed by atoms with Gasteiger partial charge in [0.1, 0.15) is 0 Å². The fraction of sp³-hybridized carbons (Fsp3) is 0.579. The number of Topliss-reactive ketones (excluding diaryl/α,β-unsaturated/α-hetero) is 2. The number of ketones is 2. The molecular formula is C19H28O2. The number of rotatable bonds is 7. The Labute approximate surface area is 128 Å². The van der Waals surface area contributed by atoms with Gasteiger partial charge in [-0.2, -0.15) is 0 Å². The number of hydrogen-bond acceptors (Lipinski definition) is 2. The van der Waals surface area contributed by atoms with E-state index in [2.05, 4.69) is 0 Å². The van der Waals surface area contributed by atoms with Crippen LogP contribution in [-0.2, 0) is 0 Å². The second kappa shape index (κ2) is 6.55. The van der Waals surface area contributed by atoms with E-state index in [0.29, 0.717) is 11.1 Å². The molecular weight excluding hydrogens is 260 g/mol. The molecule has 21 heavy (non-hydrogen) atoms. The van der Waals surface area contributed by atoms with Crippen LogP contribution in [0.15, 0.2) is 24.3 Å². The van der Waals surface area contributed by atoms with Gasteiger partial charge in [-0.3, -0.25) is 9.59 Å². The molecule has 1 aromatic carbocycles. The molecule has 0 spiro atoms. The first-order valence-corrected chi connectivity index (χ1v) is 7.91. The summed E-state index contributed by atoms with van der Waals surface area (Å²) in [5.41, 5.74) is 0.723. The Kier molecular flexibility index (Phi) is 5.49. The van der Waals surface area contributed by atoms with Gasteiger partial charge in [0.2, 0.25) is 0 Å². The maximum Gasteiger partial charge on any atom is 0.168 e. The molecule has 2 heteroatoms. The molecule has 0 saturated carbocycles. The predicted molar refractivity (Wildman–Crippen MR) is 87.9 cm³/mol. The summed E-state index contributed by atoms with van der Waals surface area (Å²) in [7, 11) is 0. The van der Waals surface area contributed by atoms with Gasteiger partial charge in [0.25, 0.3) is 0 Å². The highest BCUT2D eigenvalue weighted by molar-refractivity contribution is 6.03. The first kappa shape index (κ1) is 17.6. The fourth-order valence-corrected chi connectivity index (χ4v) is 2.24. The third kappa shape index (κ3) is 3.61. The van der Waals surface area contributed by atoms with Crippen LogP contribution in [0.3, 0.4) is 0 Å². The van der Waals surface area contributed by atoms with Crippen LogP contribution < -0.4 is 0 Å². The van der Waals surface area contributed by atoms with Crippen molar-refractivity contribution in [3.8, 4) is 0 Å². The average molecular weight is 288 g/mol. The zero-order valence-electron chi connectivity index (χ0n) is 14.2. The van der Waals surface area contributed by atoms with Gasteiger partial charge in [-0.05, 0) is 19.3 Å². The summed E-state index contributed by atoms with van der Waals surface area (Å²) < 4.78 is 0. The molecule has 0 bridgehead atoms. The smallest absolute Gasteiger partial charge is 0.168 e. The van der Waals surface area contributed by atoms with Crippen molar-refractivity contribution in [3.63, 3.8) is 0 Å². The molecule has 1 aromatic rings. The molecule has 0 aromatic heterocycles. The lowest BCUT2D eigenvalue weighted by Crippen LogP contribution is -2.27.